The maximum Gasteiger partial charge on any atom is 0.123 e. The minimum atomic E-state index is -0.844. The number of aliphatic hydroxyl groups is 1. The predicted molar refractivity (Wildman–Crippen MR) is 89.1 cm³/mol. The highest BCUT2D eigenvalue weighted by Gasteiger charge is 2.17. The lowest BCUT2D eigenvalue weighted by molar-refractivity contribution is 0.198. The Morgan fingerprint density at radius 1 is 1.55 bits per heavy atom. The topological polar surface area (TPSA) is 64.8 Å². The van der Waals surface area contributed by atoms with Crippen molar-refractivity contribution in [2.45, 2.75) is 32.9 Å². The van der Waals surface area contributed by atoms with Crippen LogP contribution in [-0.4, -0.2) is 20.6 Å². The first kappa shape index (κ1) is 16.6. The number of rotatable bonds is 6. The van der Waals surface area contributed by atoms with Gasteiger partial charge in [0.05, 0.1) is 17.5 Å². The second kappa shape index (κ2) is 6.98. The number of thiol groups is 1. The van der Waals surface area contributed by atoms with Gasteiger partial charge in [0.2, 0.25) is 0 Å². The summed E-state index contributed by atoms with van der Waals surface area (Å²) >= 11 is 4.19. The van der Waals surface area contributed by atoms with Gasteiger partial charge >= 0.3 is 0 Å². The highest BCUT2D eigenvalue weighted by Crippen LogP contribution is 2.23. The molecule has 3 N–H and O–H groups in total. The molecule has 22 heavy (non-hydrogen) atoms. The zero-order valence-corrected chi connectivity index (χ0v) is 13.5. The lowest BCUT2D eigenvalue weighted by Gasteiger charge is -2.18. The number of nitrogens with one attached hydrogen (secondary N) is 2. The quantitative estimate of drug-likeness (QED) is 0.478. The van der Waals surface area contributed by atoms with Crippen LogP contribution >= 0.6 is 12.6 Å². The van der Waals surface area contributed by atoms with Crippen LogP contribution in [0, 0.1) is 11.2 Å². The van der Waals surface area contributed by atoms with Gasteiger partial charge in [0, 0.05) is 24.7 Å². The van der Waals surface area contributed by atoms with Gasteiger partial charge in [-0.1, -0.05) is 0 Å². The summed E-state index contributed by atoms with van der Waals surface area (Å²) in [7, 11) is 0. The van der Waals surface area contributed by atoms with Crippen LogP contribution in [0.4, 0.5) is 4.39 Å². The number of H-pyrrole nitrogens is 1. The molecule has 0 saturated carbocycles. The molecule has 6 heteroatoms. The molecule has 1 atom stereocenters. The zero-order valence-electron chi connectivity index (χ0n) is 12.6. The molecule has 118 valence electrons. The van der Waals surface area contributed by atoms with Crippen molar-refractivity contribution in [1.82, 2.24) is 9.78 Å². The first-order valence-corrected chi connectivity index (χ1v) is 7.62. The van der Waals surface area contributed by atoms with Crippen LogP contribution in [0.3, 0.4) is 0 Å². The second-order valence-electron chi connectivity index (χ2n) is 5.17. The fourth-order valence-corrected chi connectivity index (χ4v) is 2.53. The number of aliphatic hydroxyl groups excluding tert-OH is 1. The molecule has 1 unspecified atom stereocenters. The number of nitrogens with zero attached hydrogens (tertiary/aromatic N) is 1. The molecule has 0 aliphatic carbocycles. The summed E-state index contributed by atoms with van der Waals surface area (Å²) in [4.78, 5) is 0. The van der Waals surface area contributed by atoms with Gasteiger partial charge in [-0.15, -0.1) is 0 Å². The molecule has 0 spiro atoms. The lowest BCUT2D eigenvalue weighted by Crippen LogP contribution is -2.16. The van der Waals surface area contributed by atoms with Crippen molar-refractivity contribution in [3.05, 3.63) is 58.0 Å². The molecule has 0 fully saturated rings. The molecule has 1 aromatic heterocycles. The first-order valence-electron chi connectivity index (χ1n) is 7.10. The highest BCUT2D eigenvalue weighted by molar-refractivity contribution is 7.83. The van der Waals surface area contributed by atoms with Gasteiger partial charge in [-0.25, -0.2) is 4.39 Å². The van der Waals surface area contributed by atoms with Gasteiger partial charge in [0.15, 0.2) is 0 Å². The third kappa shape index (κ3) is 3.51. The van der Waals surface area contributed by atoms with E-state index in [-0.39, 0.29) is 5.71 Å². The van der Waals surface area contributed by atoms with E-state index >= 15 is 0 Å². The molecule has 0 saturated heterocycles. The third-order valence-electron chi connectivity index (χ3n) is 3.53. The molecule has 2 rings (SSSR count). The standard InChI is InChI=1S/C16H20FN3OS/c1-3-20-8-13(19-20)6-11(9-22)16(18)14-5-4-12(17)7-15(14)10(2)21/h4-5,7-10,18-19,21-22H,3,6H2,1-2H3/b11-9-,18-16?. The van der Waals surface area contributed by atoms with Crippen LogP contribution in [0.5, 0.6) is 0 Å². The Labute approximate surface area is 134 Å². The highest BCUT2D eigenvalue weighted by atomic mass is 32.1. The zero-order chi connectivity index (χ0) is 16.3. The lowest BCUT2D eigenvalue weighted by atomic mass is 9.93. The van der Waals surface area contributed by atoms with Crippen molar-refractivity contribution in [2.24, 2.45) is 0 Å². The average molecular weight is 321 g/mol. The van der Waals surface area contributed by atoms with Crippen LogP contribution in [0.1, 0.15) is 36.8 Å². The minimum Gasteiger partial charge on any atom is -0.389 e. The van der Waals surface area contributed by atoms with Crippen molar-refractivity contribution < 1.29 is 9.50 Å². The normalized spacial score (nSPS) is 13.4. The molecule has 0 aliphatic heterocycles. The smallest absolute Gasteiger partial charge is 0.123 e. The van der Waals surface area contributed by atoms with Crippen LogP contribution < -0.4 is 0 Å². The SMILES string of the molecule is CCn1cc(C/C(=C/S)C(=N)c2ccc(F)cc2C(C)O)[nH]1. The molecule has 0 radical (unpaired) electrons. The third-order valence-corrected chi connectivity index (χ3v) is 3.84. The van der Waals surface area contributed by atoms with Gasteiger partial charge in [0.25, 0.3) is 0 Å². The molecular formula is C16H20FN3OS. The van der Waals surface area contributed by atoms with E-state index in [0.717, 1.165) is 12.2 Å². The summed E-state index contributed by atoms with van der Waals surface area (Å²) in [5.41, 5.74) is 2.86. The van der Waals surface area contributed by atoms with Crippen LogP contribution in [0.2, 0.25) is 0 Å². The van der Waals surface area contributed by atoms with Gasteiger partial charge in [-0.05, 0) is 48.6 Å². The number of allylic oxidation sites excluding steroid dienone is 1. The summed E-state index contributed by atoms with van der Waals surface area (Å²) in [6, 6.07) is 4.09. The van der Waals surface area contributed by atoms with Gasteiger partial charge in [-0.3, -0.25) is 10.1 Å². The Bertz CT molecular complexity index is 688. The van der Waals surface area contributed by atoms with E-state index in [0.29, 0.717) is 23.1 Å². The van der Waals surface area contributed by atoms with Gasteiger partial charge in [-0.2, -0.15) is 12.6 Å². The summed E-state index contributed by atoms with van der Waals surface area (Å²) in [6.07, 6.45) is 1.67. The number of hydrogen-bond donors (Lipinski definition) is 4. The van der Waals surface area contributed by atoms with E-state index in [2.05, 4.69) is 17.7 Å². The van der Waals surface area contributed by atoms with Crippen molar-refractivity contribution in [2.75, 3.05) is 0 Å². The molecular weight excluding hydrogens is 301 g/mol. The summed E-state index contributed by atoms with van der Waals surface area (Å²) in [5, 5.41) is 22.9. The summed E-state index contributed by atoms with van der Waals surface area (Å²) in [5.74, 6) is -0.425. The van der Waals surface area contributed by atoms with E-state index in [9.17, 15) is 9.50 Å². The maximum atomic E-state index is 13.4. The number of halogens is 1. The van der Waals surface area contributed by atoms with Crippen molar-refractivity contribution in [3.63, 3.8) is 0 Å². The van der Waals surface area contributed by atoms with Crippen molar-refractivity contribution >= 4 is 18.3 Å². The molecule has 0 amide bonds. The van der Waals surface area contributed by atoms with E-state index in [1.807, 2.05) is 17.8 Å². The van der Waals surface area contributed by atoms with Crippen molar-refractivity contribution in [3.8, 4) is 0 Å². The number of hydrogen-bond acceptors (Lipinski definition) is 3. The number of aryl methyl sites for hydroxylation is 1. The van der Waals surface area contributed by atoms with Crippen molar-refractivity contribution in [1.29, 1.82) is 5.41 Å². The van der Waals surface area contributed by atoms with E-state index in [4.69, 9.17) is 5.41 Å². The summed E-state index contributed by atoms with van der Waals surface area (Å²) < 4.78 is 15.3. The van der Waals surface area contributed by atoms with Crippen LogP contribution in [0.25, 0.3) is 0 Å². The van der Waals surface area contributed by atoms with Crippen LogP contribution in [-0.2, 0) is 13.0 Å². The first-order chi connectivity index (χ1) is 10.5. The molecule has 4 nitrogen and oxygen atoms in total. The molecule has 0 aliphatic rings. The molecule has 1 heterocycles. The van der Waals surface area contributed by atoms with Crippen LogP contribution in [0.15, 0.2) is 35.4 Å². The predicted octanol–water partition coefficient (Wildman–Crippen LogP) is 3.45. The van der Waals surface area contributed by atoms with E-state index < -0.39 is 11.9 Å². The summed E-state index contributed by atoms with van der Waals surface area (Å²) in [6.45, 7) is 4.46. The second-order valence-corrected chi connectivity index (χ2v) is 5.42. The largest absolute Gasteiger partial charge is 0.389 e. The van der Waals surface area contributed by atoms with E-state index in [1.165, 1.54) is 18.2 Å². The number of aromatic amines is 1. The fourth-order valence-electron chi connectivity index (χ4n) is 2.31. The number of aromatic nitrogens is 2. The molecule has 1 aromatic carbocycles. The Kier molecular flexibility index (Phi) is 5.26. The average Bonchev–Trinajstić information content (AvgIpc) is 2.45. The Balaban J connectivity index is 2.26. The van der Waals surface area contributed by atoms with Gasteiger partial charge in [0.1, 0.15) is 5.82 Å². The fraction of sp³-hybridized carbons (Fsp3) is 0.312. The molecule has 0 bridgehead atoms. The maximum absolute atomic E-state index is 13.4. The Hall–Kier alpha value is -1.79. The minimum absolute atomic E-state index is 0.239. The van der Waals surface area contributed by atoms with E-state index in [1.54, 1.807) is 12.3 Å². The van der Waals surface area contributed by atoms with Gasteiger partial charge < -0.3 is 10.2 Å². The Morgan fingerprint density at radius 2 is 2.23 bits per heavy atom. The Morgan fingerprint density at radius 3 is 2.77 bits per heavy atom. The monoisotopic (exact) mass is 321 g/mol. The number of benzene rings is 1. The molecule has 2 aromatic rings.